The van der Waals surface area contributed by atoms with Crippen LogP contribution in [-0.4, -0.2) is 40.7 Å². The van der Waals surface area contributed by atoms with Crippen LogP contribution < -0.4 is 4.74 Å². The third kappa shape index (κ3) is 4.62. The summed E-state index contributed by atoms with van der Waals surface area (Å²) < 4.78 is 5.69. The van der Waals surface area contributed by atoms with Crippen molar-refractivity contribution in [3.8, 4) is 5.88 Å². The summed E-state index contributed by atoms with van der Waals surface area (Å²) in [6, 6.07) is 13.6. The van der Waals surface area contributed by atoms with Gasteiger partial charge < -0.3 is 9.64 Å². The summed E-state index contributed by atoms with van der Waals surface area (Å²) in [7, 11) is 0. The van der Waals surface area contributed by atoms with Gasteiger partial charge in [-0.1, -0.05) is 29.8 Å². The van der Waals surface area contributed by atoms with Gasteiger partial charge in [0.1, 0.15) is 6.10 Å². The van der Waals surface area contributed by atoms with Gasteiger partial charge in [-0.3, -0.25) is 4.79 Å². The molecule has 2 aromatic rings. The van der Waals surface area contributed by atoms with Crippen LogP contribution in [0.2, 0.25) is 5.02 Å². The average molecular weight is 349 g/mol. The van der Waals surface area contributed by atoms with E-state index in [1.165, 1.54) is 4.90 Å². The van der Waals surface area contributed by atoms with Crippen molar-refractivity contribution in [2.75, 3.05) is 18.8 Å². The zero-order valence-electron chi connectivity index (χ0n) is 12.5. The summed E-state index contributed by atoms with van der Waals surface area (Å²) in [6.45, 7) is 1.25. The fourth-order valence-electron chi connectivity index (χ4n) is 2.25. The maximum Gasteiger partial charge on any atom is 0.223 e. The van der Waals surface area contributed by atoms with Gasteiger partial charge in [-0.2, -0.15) is 0 Å². The van der Waals surface area contributed by atoms with Gasteiger partial charge in [-0.25, -0.2) is 4.98 Å². The number of halogens is 1. The predicted octanol–water partition coefficient (Wildman–Crippen LogP) is 3.51. The molecule has 0 bridgehead atoms. The second kappa shape index (κ2) is 7.70. The van der Waals surface area contributed by atoms with E-state index in [1.54, 1.807) is 30.1 Å². The average Bonchev–Trinajstić information content (AvgIpc) is 2.53. The first kappa shape index (κ1) is 16.1. The van der Waals surface area contributed by atoms with Crippen LogP contribution in [0.15, 0.2) is 53.6 Å². The molecule has 0 aliphatic carbocycles. The van der Waals surface area contributed by atoms with E-state index in [0.717, 1.165) is 5.75 Å². The molecule has 2 heterocycles. The largest absolute Gasteiger partial charge is 0.471 e. The van der Waals surface area contributed by atoms with Crippen LogP contribution in [0.3, 0.4) is 0 Å². The molecule has 0 saturated carbocycles. The van der Waals surface area contributed by atoms with E-state index in [1.807, 2.05) is 23.1 Å². The molecule has 0 spiro atoms. The van der Waals surface area contributed by atoms with E-state index < -0.39 is 0 Å². The third-order valence-electron chi connectivity index (χ3n) is 3.52. The first-order valence-electron chi connectivity index (χ1n) is 7.44. The van der Waals surface area contributed by atoms with Gasteiger partial charge in [0.15, 0.2) is 0 Å². The minimum absolute atomic E-state index is 0.0226. The number of hydrogen-bond donors (Lipinski definition) is 0. The Morgan fingerprint density at radius 2 is 2.04 bits per heavy atom. The van der Waals surface area contributed by atoms with Crippen molar-refractivity contribution in [3.05, 3.63) is 53.7 Å². The Labute approximate surface area is 144 Å². The van der Waals surface area contributed by atoms with E-state index in [4.69, 9.17) is 16.3 Å². The molecule has 1 fully saturated rings. The monoisotopic (exact) mass is 348 g/mol. The maximum absolute atomic E-state index is 12.1. The van der Waals surface area contributed by atoms with Crippen LogP contribution in [0, 0.1) is 0 Å². The quantitative estimate of drug-likeness (QED) is 0.749. The molecule has 1 aliphatic rings. The van der Waals surface area contributed by atoms with Gasteiger partial charge in [-0.15, -0.1) is 11.8 Å². The SMILES string of the molecule is O=C(CCSc1ccccc1)N1CC(Oc2ccc(Cl)cn2)C1. The first-order chi connectivity index (χ1) is 11.2. The Morgan fingerprint density at radius 3 is 2.74 bits per heavy atom. The summed E-state index contributed by atoms with van der Waals surface area (Å²) in [5.74, 6) is 1.52. The van der Waals surface area contributed by atoms with E-state index in [9.17, 15) is 4.79 Å². The summed E-state index contributed by atoms with van der Waals surface area (Å²) in [4.78, 5) is 19.2. The standard InChI is InChI=1S/C17H17ClN2O2S/c18-13-6-7-16(19-10-13)22-14-11-20(12-14)17(21)8-9-23-15-4-2-1-3-5-15/h1-7,10,14H,8-9,11-12H2. The molecule has 0 unspecified atom stereocenters. The molecule has 0 atom stereocenters. The molecule has 23 heavy (non-hydrogen) atoms. The summed E-state index contributed by atoms with van der Waals surface area (Å²) in [6.07, 6.45) is 2.12. The van der Waals surface area contributed by atoms with Crippen molar-refractivity contribution in [2.24, 2.45) is 0 Å². The number of amides is 1. The smallest absolute Gasteiger partial charge is 0.223 e. The van der Waals surface area contributed by atoms with Crippen LogP contribution >= 0.6 is 23.4 Å². The van der Waals surface area contributed by atoms with Crippen molar-refractivity contribution >= 4 is 29.3 Å². The molecule has 1 aliphatic heterocycles. The first-order valence-corrected chi connectivity index (χ1v) is 8.81. The molecule has 3 rings (SSSR count). The van der Waals surface area contributed by atoms with Gasteiger partial charge in [0.25, 0.3) is 0 Å². The fraction of sp³-hybridized carbons (Fsp3) is 0.294. The lowest BCUT2D eigenvalue weighted by molar-refractivity contribution is -0.139. The van der Waals surface area contributed by atoms with E-state index in [-0.39, 0.29) is 12.0 Å². The normalized spacial score (nSPS) is 14.4. The molecule has 6 heteroatoms. The lowest BCUT2D eigenvalue weighted by atomic mass is 10.1. The van der Waals surface area contributed by atoms with Crippen molar-refractivity contribution in [1.29, 1.82) is 0 Å². The number of pyridine rings is 1. The van der Waals surface area contributed by atoms with Gasteiger partial charge in [0.2, 0.25) is 11.8 Å². The fourth-order valence-corrected chi connectivity index (χ4v) is 3.22. The number of thioether (sulfide) groups is 1. The van der Waals surface area contributed by atoms with Crippen molar-refractivity contribution in [2.45, 2.75) is 17.4 Å². The lowest BCUT2D eigenvalue weighted by Gasteiger charge is -2.38. The minimum atomic E-state index is 0.0226. The summed E-state index contributed by atoms with van der Waals surface area (Å²) >= 11 is 7.48. The second-order valence-electron chi connectivity index (χ2n) is 5.26. The number of benzene rings is 1. The number of likely N-dealkylation sites (tertiary alicyclic amines) is 1. The molecular formula is C17H17ClN2O2S. The Morgan fingerprint density at radius 1 is 1.26 bits per heavy atom. The van der Waals surface area contributed by atoms with Gasteiger partial charge in [-0.05, 0) is 18.2 Å². The molecule has 120 valence electrons. The zero-order valence-corrected chi connectivity index (χ0v) is 14.1. The van der Waals surface area contributed by atoms with Crippen LogP contribution in [0.5, 0.6) is 5.88 Å². The zero-order chi connectivity index (χ0) is 16.1. The maximum atomic E-state index is 12.1. The van der Waals surface area contributed by atoms with Gasteiger partial charge in [0, 0.05) is 29.3 Å². The summed E-state index contributed by atoms with van der Waals surface area (Å²) in [5, 5.41) is 0.582. The highest BCUT2D eigenvalue weighted by Crippen LogP contribution is 2.21. The molecule has 1 saturated heterocycles. The lowest BCUT2D eigenvalue weighted by Crippen LogP contribution is -2.56. The summed E-state index contributed by atoms with van der Waals surface area (Å²) in [5.41, 5.74) is 0. The number of carbonyl (C=O) groups is 1. The minimum Gasteiger partial charge on any atom is -0.471 e. The van der Waals surface area contributed by atoms with E-state index in [0.29, 0.717) is 30.4 Å². The highest BCUT2D eigenvalue weighted by Gasteiger charge is 2.32. The molecule has 1 aromatic heterocycles. The molecule has 0 radical (unpaired) electrons. The molecule has 1 amide bonds. The van der Waals surface area contributed by atoms with Crippen LogP contribution in [0.25, 0.3) is 0 Å². The predicted molar refractivity (Wildman–Crippen MR) is 92.0 cm³/mol. The van der Waals surface area contributed by atoms with Crippen molar-refractivity contribution in [1.82, 2.24) is 9.88 Å². The Hall–Kier alpha value is -1.72. The van der Waals surface area contributed by atoms with E-state index >= 15 is 0 Å². The third-order valence-corrected chi connectivity index (χ3v) is 4.75. The number of aromatic nitrogens is 1. The second-order valence-corrected chi connectivity index (χ2v) is 6.87. The molecule has 0 N–H and O–H groups in total. The van der Waals surface area contributed by atoms with Crippen LogP contribution in [0.1, 0.15) is 6.42 Å². The Balaban J connectivity index is 1.35. The van der Waals surface area contributed by atoms with Crippen molar-refractivity contribution < 1.29 is 9.53 Å². The van der Waals surface area contributed by atoms with Gasteiger partial charge >= 0.3 is 0 Å². The number of hydrogen-bond acceptors (Lipinski definition) is 4. The van der Waals surface area contributed by atoms with Crippen molar-refractivity contribution in [3.63, 3.8) is 0 Å². The topological polar surface area (TPSA) is 42.4 Å². The Bertz CT molecular complexity index is 645. The van der Waals surface area contributed by atoms with E-state index in [2.05, 4.69) is 17.1 Å². The number of ether oxygens (including phenoxy) is 1. The van der Waals surface area contributed by atoms with Crippen LogP contribution in [-0.2, 0) is 4.79 Å². The highest BCUT2D eigenvalue weighted by molar-refractivity contribution is 7.99. The molecular weight excluding hydrogens is 332 g/mol. The number of rotatable bonds is 6. The molecule has 1 aromatic carbocycles. The number of nitrogens with zero attached hydrogens (tertiary/aromatic N) is 2. The van der Waals surface area contributed by atoms with Gasteiger partial charge in [0.05, 0.1) is 18.1 Å². The van der Waals surface area contributed by atoms with Crippen LogP contribution in [0.4, 0.5) is 0 Å². The highest BCUT2D eigenvalue weighted by atomic mass is 35.5. The number of carbonyl (C=O) groups excluding carboxylic acids is 1. The Kier molecular flexibility index (Phi) is 5.41. The molecule has 4 nitrogen and oxygen atoms in total.